The SMILES string of the molecule is CCCCCCC[C@@H](CCC)c1cccc(O)c1O. The Morgan fingerprint density at radius 3 is 2.32 bits per heavy atom. The zero-order valence-electron chi connectivity index (χ0n) is 12.4. The first-order valence-electron chi connectivity index (χ1n) is 7.71. The summed E-state index contributed by atoms with van der Waals surface area (Å²) in [4.78, 5) is 0. The van der Waals surface area contributed by atoms with Gasteiger partial charge in [-0.3, -0.25) is 0 Å². The van der Waals surface area contributed by atoms with E-state index in [1.165, 1.54) is 32.1 Å². The van der Waals surface area contributed by atoms with Crippen LogP contribution in [0, 0.1) is 0 Å². The van der Waals surface area contributed by atoms with Crippen molar-refractivity contribution in [3.05, 3.63) is 23.8 Å². The van der Waals surface area contributed by atoms with Crippen LogP contribution in [-0.4, -0.2) is 10.2 Å². The predicted octanol–water partition coefficient (Wildman–Crippen LogP) is 5.34. The van der Waals surface area contributed by atoms with Crippen molar-refractivity contribution in [3.8, 4) is 11.5 Å². The second-order valence-corrected chi connectivity index (χ2v) is 5.40. The third-order valence-electron chi connectivity index (χ3n) is 3.78. The molecule has 0 amide bonds. The van der Waals surface area contributed by atoms with Crippen LogP contribution in [0.4, 0.5) is 0 Å². The van der Waals surface area contributed by atoms with Crippen molar-refractivity contribution >= 4 is 0 Å². The van der Waals surface area contributed by atoms with Crippen LogP contribution >= 0.6 is 0 Å². The molecule has 0 unspecified atom stereocenters. The lowest BCUT2D eigenvalue weighted by Crippen LogP contribution is -1.99. The first kappa shape index (κ1) is 15.9. The number of rotatable bonds is 9. The highest BCUT2D eigenvalue weighted by atomic mass is 16.3. The first-order chi connectivity index (χ1) is 9.20. The molecule has 2 N–H and O–H groups in total. The predicted molar refractivity (Wildman–Crippen MR) is 80.8 cm³/mol. The van der Waals surface area contributed by atoms with E-state index in [4.69, 9.17) is 0 Å². The van der Waals surface area contributed by atoms with E-state index in [2.05, 4.69) is 13.8 Å². The van der Waals surface area contributed by atoms with Crippen LogP contribution in [-0.2, 0) is 0 Å². The van der Waals surface area contributed by atoms with Crippen molar-refractivity contribution in [1.29, 1.82) is 0 Å². The monoisotopic (exact) mass is 264 g/mol. The fourth-order valence-electron chi connectivity index (χ4n) is 2.68. The van der Waals surface area contributed by atoms with Gasteiger partial charge in [0, 0.05) is 5.56 Å². The standard InChI is InChI=1S/C17H28O2/c1-3-5-6-7-8-11-14(10-4-2)15-12-9-13-16(18)17(15)19/h9,12-14,18-19H,3-8,10-11H2,1-2H3/t14-/m1/s1. The van der Waals surface area contributed by atoms with E-state index in [-0.39, 0.29) is 11.5 Å². The summed E-state index contributed by atoms with van der Waals surface area (Å²) in [5, 5.41) is 19.6. The highest BCUT2D eigenvalue weighted by molar-refractivity contribution is 5.46. The molecule has 0 spiro atoms. The summed E-state index contributed by atoms with van der Waals surface area (Å²) >= 11 is 0. The van der Waals surface area contributed by atoms with Crippen LogP contribution < -0.4 is 0 Å². The molecule has 0 aliphatic heterocycles. The maximum Gasteiger partial charge on any atom is 0.160 e. The number of hydrogen-bond acceptors (Lipinski definition) is 2. The van der Waals surface area contributed by atoms with Crippen molar-refractivity contribution in [3.63, 3.8) is 0 Å². The summed E-state index contributed by atoms with van der Waals surface area (Å²) < 4.78 is 0. The van der Waals surface area contributed by atoms with Crippen molar-refractivity contribution in [2.75, 3.05) is 0 Å². The van der Waals surface area contributed by atoms with E-state index in [0.717, 1.165) is 24.8 Å². The molecule has 0 aliphatic rings. The van der Waals surface area contributed by atoms with Crippen LogP contribution in [0.5, 0.6) is 11.5 Å². The molecule has 0 aromatic heterocycles. The highest BCUT2D eigenvalue weighted by Gasteiger charge is 2.16. The van der Waals surface area contributed by atoms with Crippen LogP contribution in [0.1, 0.15) is 76.7 Å². The minimum Gasteiger partial charge on any atom is -0.504 e. The molecule has 0 aliphatic carbocycles. The Balaban J connectivity index is 2.58. The normalized spacial score (nSPS) is 12.5. The topological polar surface area (TPSA) is 40.5 Å². The van der Waals surface area contributed by atoms with E-state index in [9.17, 15) is 10.2 Å². The van der Waals surface area contributed by atoms with Gasteiger partial charge in [0.15, 0.2) is 11.5 Å². The Labute approximate surface area is 117 Å². The van der Waals surface area contributed by atoms with Gasteiger partial charge in [-0.05, 0) is 24.8 Å². The third-order valence-corrected chi connectivity index (χ3v) is 3.78. The molecule has 0 saturated heterocycles. The zero-order valence-corrected chi connectivity index (χ0v) is 12.4. The largest absolute Gasteiger partial charge is 0.504 e. The smallest absolute Gasteiger partial charge is 0.160 e. The Bertz CT molecular complexity index is 360. The second-order valence-electron chi connectivity index (χ2n) is 5.40. The van der Waals surface area contributed by atoms with Gasteiger partial charge in [0.1, 0.15) is 0 Å². The summed E-state index contributed by atoms with van der Waals surface area (Å²) in [6, 6.07) is 5.31. The second kappa shape index (κ2) is 8.84. The lowest BCUT2D eigenvalue weighted by Gasteiger charge is -2.18. The maximum absolute atomic E-state index is 9.99. The van der Waals surface area contributed by atoms with Crippen molar-refractivity contribution in [2.24, 2.45) is 0 Å². The molecule has 0 heterocycles. The molecule has 2 heteroatoms. The minimum absolute atomic E-state index is 0.00425. The Hall–Kier alpha value is -1.18. The Kier molecular flexibility index (Phi) is 7.39. The maximum atomic E-state index is 9.99. The van der Waals surface area contributed by atoms with Crippen molar-refractivity contribution in [1.82, 2.24) is 0 Å². The van der Waals surface area contributed by atoms with Gasteiger partial charge in [0.25, 0.3) is 0 Å². The van der Waals surface area contributed by atoms with Gasteiger partial charge in [-0.15, -0.1) is 0 Å². The van der Waals surface area contributed by atoms with Crippen molar-refractivity contribution in [2.45, 2.75) is 71.1 Å². The van der Waals surface area contributed by atoms with E-state index >= 15 is 0 Å². The number of aromatic hydroxyl groups is 2. The van der Waals surface area contributed by atoms with Crippen LogP contribution in [0.3, 0.4) is 0 Å². The van der Waals surface area contributed by atoms with Gasteiger partial charge in [0.2, 0.25) is 0 Å². The Morgan fingerprint density at radius 1 is 0.895 bits per heavy atom. The molecule has 0 bridgehead atoms. The molecule has 19 heavy (non-hydrogen) atoms. The van der Waals surface area contributed by atoms with Crippen molar-refractivity contribution < 1.29 is 10.2 Å². The quantitative estimate of drug-likeness (QED) is 0.466. The molecular formula is C17H28O2. The zero-order chi connectivity index (χ0) is 14.1. The molecule has 1 aromatic carbocycles. The van der Waals surface area contributed by atoms with Gasteiger partial charge in [0.05, 0.1) is 0 Å². The molecule has 0 saturated carbocycles. The highest BCUT2D eigenvalue weighted by Crippen LogP contribution is 2.38. The lowest BCUT2D eigenvalue weighted by atomic mass is 9.88. The van der Waals surface area contributed by atoms with E-state index in [0.29, 0.717) is 5.92 Å². The number of hydrogen-bond donors (Lipinski definition) is 2. The van der Waals surface area contributed by atoms with Crippen LogP contribution in [0.25, 0.3) is 0 Å². The number of para-hydroxylation sites is 1. The molecule has 1 atom stereocenters. The molecule has 108 valence electrons. The van der Waals surface area contributed by atoms with E-state index in [1.54, 1.807) is 6.07 Å². The summed E-state index contributed by atoms with van der Waals surface area (Å²) in [5.74, 6) is 0.456. The summed E-state index contributed by atoms with van der Waals surface area (Å²) in [6.45, 7) is 4.40. The van der Waals surface area contributed by atoms with Gasteiger partial charge in [-0.2, -0.15) is 0 Å². The average Bonchev–Trinajstić information content (AvgIpc) is 2.41. The first-order valence-corrected chi connectivity index (χ1v) is 7.71. The molecular weight excluding hydrogens is 236 g/mol. The van der Waals surface area contributed by atoms with Gasteiger partial charge in [-0.1, -0.05) is 64.5 Å². The fourth-order valence-corrected chi connectivity index (χ4v) is 2.68. The number of unbranched alkanes of at least 4 members (excludes halogenated alkanes) is 4. The van der Waals surface area contributed by atoms with E-state index in [1.807, 2.05) is 12.1 Å². The van der Waals surface area contributed by atoms with Gasteiger partial charge >= 0.3 is 0 Å². The molecule has 2 nitrogen and oxygen atoms in total. The van der Waals surface area contributed by atoms with Crippen LogP contribution in [0.2, 0.25) is 0 Å². The summed E-state index contributed by atoms with van der Waals surface area (Å²) in [6.07, 6.45) is 9.66. The molecule has 1 aromatic rings. The fraction of sp³-hybridized carbons (Fsp3) is 0.647. The minimum atomic E-state index is 0.00425. The summed E-state index contributed by atoms with van der Waals surface area (Å²) in [5.41, 5.74) is 0.914. The molecule has 1 rings (SSSR count). The lowest BCUT2D eigenvalue weighted by molar-refractivity contribution is 0.390. The number of benzene rings is 1. The number of phenols is 2. The number of phenolic OH excluding ortho intramolecular Hbond substituents is 2. The van der Waals surface area contributed by atoms with Crippen LogP contribution in [0.15, 0.2) is 18.2 Å². The summed E-state index contributed by atoms with van der Waals surface area (Å²) in [7, 11) is 0. The molecule has 0 radical (unpaired) electrons. The Morgan fingerprint density at radius 2 is 1.63 bits per heavy atom. The van der Waals surface area contributed by atoms with Gasteiger partial charge < -0.3 is 10.2 Å². The van der Waals surface area contributed by atoms with Gasteiger partial charge in [-0.25, -0.2) is 0 Å². The third kappa shape index (κ3) is 5.14. The van der Waals surface area contributed by atoms with E-state index < -0.39 is 0 Å². The average molecular weight is 264 g/mol. The molecule has 0 fully saturated rings.